The number of nitrogens with zero attached hydrogens (tertiary/aromatic N) is 1. The lowest BCUT2D eigenvalue weighted by Crippen LogP contribution is -2.32. The minimum absolute atomic E-state index is 0.0437. The van der Waals surface area contributed by atoms with Crippen LogP contribution in [0.15, 0.2) is 53.4 Å². The van der Waals surface area contributed by atoms with Gasteiger partial charge in [-0.3, -0.25) is 14.4 Å². The van der Waals surface area contributed by atoms with Crippen LogP contribution in [-0.4, -0.2) is 63.9 Å². The molecule has 11 heteroatoms. The standard InChI is InChI=1S/C22H27N3O7S/c1-4-25(5-2)33(29,30)19-8-6-7-17(13-19)24-20(26)15-32-21(27)14-23-22(28)16-9-11-18(31-3)12-10-16/h6-13H,4-5,14-15H2,1-3H3,(H,23,28)(H,24,26). The highest BCUT2D eigenvalue weighted by atomic mass is 32.2. The molecule has 33 heavy (non-hydrogen) atoms. The fraction of sp³-hybridized carbons (Fsp3) is 0.318. The zero-order valence-electron chi connectivity index (χ0n) is 18.7. The van der Waals surface area contributed by atoms with Gasteiger partial charge in [-0.1, -0.05) is 19.9 Å². The van der Waals surface area contributed by atoms with Crippen LogP contribution in [0.5, 0.6) is 5.75 Å². The average Bonchev–Trinajstić information content (AvgIpc) is 2.82. The lowest BCUT2D eigenvalue weighted by atomic mass is 10.2. The van der Waals surface area contributed by atoms with Crippen LogP contribution in [0, 0.1) is 0 Å². The highest BCUT2D eigenvalue weighted by Gasteiger charge is 2.22. The number of carbonyl (C=O) groups is 3. The van der Waals surface area contributed by atoms with E-state index in [-0.39, 0.29) is 10.6 Å². The molecule has 0 aromatic heterocycles. The SMILES string of the molecule is CCN(CC)S(=O)(=O)c1cccc(NC(=O)COC(=O)CNC(=O)c2ccc(OC)cc2)c1. The Labute approximate surface area is 192 Å². The Kier molecular flexibility index (Phi) is 9.37. The zero-order valence-corrected chi connectivity index (χ0v) is 19.5. The second kappa shape index (κ2) is 12.0. The smallest absolute Gasteiger partial charge is 0.325 e. The third kappa shape index (κ3) is 7.29. The van der Waals surface area contributed by atoms with Gasteiger partial charge in [-0.05, 0) is 42.5 Å². The highest BCUT2D eigenvalue weighted by Crippen LogP contribution is 2.19. The first-order valence-electron chi connectivity index (χ1n) is 10.2. The van der Waals surface area contributed by atoms with Crippen molar-refractivity contribution in [3.63, 3.8) is 0 Å². The lowest BCUT2D eigenvalue weighted by Gasteiger charge is -2.18. The molecule has 10 nitrogen and oxygen atoms in total. The second-order valence-electron chi connectivity index (χ2n) is 6.74. The van der Waals surface area contributed by atoms with E-state index in [1.54, 1.807) is 38.1 Å². The number of sulfonamides is 1. The van der Waals surface area contributed by atoms with Crippen LogP contribution in [0.2, 0.25) is 0 Å². The number of hydrogen-bond acceptors (Lipinski definition) is 7. The number of rotatable bonds is 11. The Morgan fingerprint density at radius 3 is 2.27 bits per heavy atom. The van der Waals surface area contributed by atoms with Crippen LogP contribution in [0.25, 0.3) is 0 Å². The van der Waals surface area contributed by atoms with Gasteiger partial charge in [-0.2, -0.15) is 4.31 Å². The first kappa shape index (κ1) is 25.8. The molecule has 2 N–H and O–H groups in total. The summed E-state index contributed by atoms with van der Waals surface area (Å²) in [6.45, 7) is 3.10. The van der Waals surface area contributed by atoms with E-state index in [2.05, 4.69) is 10.6 Å². The molecule has 0 aliphatic carbocycles. The summed E-state index contributed by atoms with van der Waals surface area (Å²) >= 11 is 0. The Hall–Kier alpha value is -3.44. The van der Waals surface area contributed by atoms with Crippen molar-refractivity contribution in [3.8, 4) is 5.75 Å². The first-order valence-corrected chi connectivity index (χ1v) is 11.6. The predicted octanol–water partition coefficient (Wildman–Crippen LogP) is 1.64. The Balaban J connectivity index is 1.85. The van der Waals surface area contributed by atoms with E-state index >= 15 is 0 Å². The van der Waals surface area contributed by atoms with E-state index in [1.165, 1.54) is 35.7 Å². The van der Waals surface area contributed by atoms with Gasteiger partial charge in [0, 0.05) is 24.3 Å². The molecule has 2 aromatic rings. The molecule has 0 unspecified atom stereocenters. The Morgan fingerprint density at radius 2 is 1.67 bits per heavy atom. The predicted molar refractivity (Wildman–Crippen MR) is 121 cm³/mol. The first-order chi connectivity index (χ1) is 15.7. The number of carbonyl (C=O) groups excluding carboxylic acids is 3. The highest BCUT2D eigenvalue weighted by molar-refractivity contribution is 7.89. The molecule has 0 fully saturated rings. The van der Waals surface area contributed by atoms with Crippen LogP contribution < -0.4 is 15.4 Å². The van der Waals surface area contributed by atoms with Crippen molar-refractivity contribution in [2.75, 3.05) is 38.7 Å². The molecule has 178 valence electrons. The number of methoxy groups -OCH3 is 1. The number of ether oxygens (including phenoxy) is 2. The molecule has 0 aliphatic heterocycles. The van der Waals surface area contributed by atoms with Gasteiger partial charge in [0.2, 0.25) is 10.0 Å². The lowest BCUT2D eigenvalue weighted by molar-refractivity contribution is -0.146. The summed E-state index contributed by atoms with van der Waals surface area (Å²) < 4.78 is 36.4. The molecule has 0 bridgehead atoms. The molecule has 0 saturated heterocycles. The Morgan fingerprint density at radius 1 is 1.00 bits per heavy atom. The van der Waals surface area contributed by atoms with Crippen molar-refractivity contribution in [1.29, 1.82) is 0 Å². The van der Waals surface area contributed by atoms with Crippen molar-refractivity contribution in [3.05, 3.63) is 54.1 Å². The molecule has 0 aliphatic rings. The van der Waals surface area contributed by atoms with Crippen LogP contribution in [-0.2, 0) is 24.3 Å². The summed E-state index contributed by atoms with van der Waals surface area (Å²) in [5.41, 5.74) is 0.581. The number of amides is 2. The molecule has 0 saturated carbocycles. The summed E-state index contributed by atoms with van der Waals surface area (Å²) in [5.74, 6) is -1.34. The molecular weight excluding hydrogens is 450 g/mol. The minimum atomic E-state index is -3.68. The third-order valence-corrected chi connectivity index (χ3v) is 6.62. The fourth-order valence-corrected chi connectivity index (χ4v) is 4.34. The van der Waals surface area contributed by atoms with Gasteiger partial charge in [0.05, 0.1) is 12.0 Å². The van der Waals surface area contributed by atoms with Crippen LogP contribution in [0.4, 0.5) is 5.69 Å². The molecule has 2 amide bonds. The monoisotopic (exact) mass is 477 g/mol. The van der Waals surface area contributed by atoms with Crippen LogP contribution in [0.1, 0.15) is 24.2 Å². The topological polar surface area (TPSA) is 131 Å². The minimum Gasteiger partial charge on any atom is -0.497 e. The van der Waals surface area contributed by atoms with Gasteiger partial charge in [0.15, 0.2) is 6.61 Å². The average molecular weight is 478 g/mol. The molecule has 0 spiro atoms. The number of hydrogen-bond donors (Lipinski definition) is 2. The zero-order chi connectivity index (χ0) is 24.4. The van der Waals surface area contributed by atoms with E-state index in [4.69, 9.17) is 9.47 Å². The second-order valence-corrected chi connectivity index (χ2v) is 8.68. The fourth-order valence-electron chi connectivity index (χ4n) is 2.84. The summed E-state index contributed by atoms with van der Waals surface area (Å²) in [7, 11) is -2.17. The molecular formula is C22H27N3O7S. The van der Waals surface area contributed by atoms with Gasteiger partial charge >= 0.3 is 5.97 Å². The van der Waals surface area contributed by atoms with Gasteiger partial charge < -0.3 is 20.1 Å². The Bertz CT molecular complexity index is 1080. The molecule has 2 aromatic carbocycles. The molecule has 0 heterocycles. The quantitative estimate of drug-likeness (QED) is 0.470. The summed E-state index contributed by atoms with van der Waals surface area (Å²) in [5, 5.41) is 4.89. The van der Waals surface area contributed by atoms with E-state index in [0.29, 0.717) is 24.4 Å². The van der Waals surface area contributed by atoms with Crippen molar-refractivity contribution in [2.24, 2.45) is 0 Å². The number of nitrogens with one attached hydrogen (secondary N) is 2. The number of anilines is 1. The van der Waals surface area contributed by atoms with Crippen molar-refractivity contribution >= 4 is 33.5 Å². The molecule has 0 radical (unpaired) electrons. The van der Waals surface area contributed by atoms with Crippen molar-refractivity contribution in [2.45, 2.75) is 18.7 Å². The summed E-state index contributed by atoms with van der Waals surface area (Å²) in [6.07, 6.45) is 0. The van der Waals surface area contributed by atoms with Crippen LogP contribution >= 0.6 is 0 Å². The van der Waals surface area contributed by atoms with Gasteiger partial charge in [-0.25, -0.2) is 8.42 Å². The van der Waals surface area contributed by atoms with Gasteiger partial charge in [0.1, 0.15) is 12.3 Å². The number of benzene rings is 2. The van der Waals surface area contributed by atoms with E-state index in [0.717, 1.165) is 0 Å². The molecule has 0 atom stereocenters. The third-order valence-electron chi connectivity index (χ3n) is 4.57. The summed E-state index contributed by atoms with van der Waals surface area (Å²) in [6, 6.07) is 12.1. The van der Waals surface area contributed by atoms with Crippen LogP contribution in [0.3, 0.4) is 0 Å². The van der Waals surface area contributed by atoms with E-state index in [1.807, 2.05) is 0 Å². The molecule has 2 rings (SSSR count). The number of esters is 1. The summed E-state index contributed by atoms with van der Waals surface area (Å²) in [4.78, 5) is 36.0. The largest absolute Gasteiger partial charge is 0.497 e. The normalized spacial score (nSPS) is 11.0. The van der Waals surface area contributed by atoms with Gasteiger partial charge in [0.25, 0.3) is 11.8 Å². The van der Waals surface area contributed by atoms with Crippen molar-refractivity contribution < 1.29 is 32.3 Å². The maximum absolute atomic E-state index is 12.6. The maximum atomic E-state index is 12.6. The van der Waals surface area contributed by atoms with E-state index < -0.39 is 41.0 Å². The van der Waals surface area contributed by atoms with Crippen molar-refractivity contribution in [1.82, 2.24) is 9.62 Å². The van der Waals surface area contributed by atoms with E-state index in [9.17, 15) is 22.8 Å². The maximum Gasteiger partial charge on any atom is 0.325 e. The van der Waals surface area contributed by atoms with Gasteiger partial charge in [-0.15, -0.1) is 0 Å².